The number of hydrogen-bond donors (Lipinski definition) is 3. The van der Waals surface area contributed by atoms with E-state index >= 15 is 0 Å². The number of carbonyl (C=O) groups is 1. The third-order valence-electron chi connectivity index (χ3n) is 3.92. The lowest BCUT2D eigenvalue weighted by Crippen LogP contribution is -2.40. The highest BCUT2D eigenvalue weighted by Gasteiger charge is 2.46. The third-order valence-corrected chi connectivity index (χ3v) is 5.69. The fraction of sp³-hybridized carbons (Fsp3) is 0.286. The van der Waals surface area contributed by atoms with Gasteiger partial charge in [-0.05, 0) is 51.5 Å². The molecule has 0 saturated heterocycles. The van der Waals surface area contributed by atoms with Gasteiger partial charge in [0.05, 0.1) is 4.90 Å². The van der Waals surface area contributed by atoms with E-state index in [0.717, 1.165) is 0 Å². The maximum atomic E-state index is 12.4. The van der Waals surface area contributed by atoms with Crippen LogP contribution in [0.3, 0.4) is 0 Å². The largest absolute Gasteiger partial charge is 0.372 e. The highest BCUT2D eigenvalue weighted by atomic mass is 32.2. The van der Waals surface area contributed by atoms with E-state index in [1.54, 1.807) is 51.1 Å². The molecule has 1 aliphatic rings. The van der Waals surface area contributed by atoms with Gasteiger partial charge in [0.15, 0.2) is 5.60 Å². The molecule has 3 N–H and O–H groups in total. The Morgan fingerprint density at radius 1 is 1.11 bits per heavy atom. The second-order valence-electron chi connectivity index (χ2n) is 7.50. The molecule has 0 fully saturated rings. The number of aliphatic hydroxyl groups is 1. The van der Waals surface area contributed by atoms with Crippen molar-refractivity contribution in [3.05, 3.63) is 72.3 Å². The van der Waals surface area contributed by atoms with Crippen LogP contribution in [0.2, 0.25) is 0 Å². The van der Waals surface area contributed by atoms with Crippen LogP contribution >= 0.6 is 0 Å². The van der Waals surface area contributed by atoms with Crippen LogP contribution in [0.1, 0.15) is 38.8 Å². The Balaban J connectivity index is 0.000000878. The Bertz CT molecular complexity index is 976. The lowest BCUT2D eigenvalue weighted by atomic mass is 9.88. The first-order chi connectivity index (χ1) is 13.0. The normalized spacial score (nSPS) is 18.5. The minimum Gasteiger partial charge on any atom is -0.372 e. The molecule has 1 aliphatic heterocycles. The molecular weight excluding hydrogens is 376 g/mol. The Morgan fingerprint density at radius 2 is 1.64 bits per heavy atom. The first kappa shape index (κ1) is 21.8. The second-order valence-corrected chi connectivity index (χ2v) is 9.18. The summed E-state index contributed by atoms with van der Waals surface area (Å²) in [6.07, 6.45) is 1.75. The number of sulfonamides is 1. The molecule has 0 spiro atoms. The topological polar surface area (TPSA) is 95.5 Å². The van der Waals surface area contributed by atoms with Crippen molar-refractivity contribution in [3.63, 3.8) is 0 Å². The van der Waals surface area contributed by atoms with Crippen molar-refractivity contribution < 1.29 is 18.3 Å². The monoisotopic (exact) mass is 402 g/mol. The molecule has 1 amide bonds. The molecule has 28 heavy (non-hydrogen) atoms. The minimum absolute atomic E-state index is 0.0708. The third kappa shape index (κ3) is 4.32. The number of hydrogen-bond acceptors (Lipinski definition) is 4. The Labute approximate surface area is 166 Å². The van der Waals surface area contributed by atoms with E-state index in [4.69, 9.17) is 0 Å². The summed E-state index contributed by atoms with van der Waals surface area (Å²) in [6, 6.07) is 12.5. The summed E-state index contributed by atoms with van der Waals surface area (Å²) in [7, 11) is -3.68. The maximum Gasteiger partial charge on any atom is 0.265 e. The van der Waals surface area contributed by atoms with E-state index in [-0.39, 0.29) is 4.90 Å². The minimum atomic E-state index is -3.68. The summed E-state index contributed by atoms with van der Waals surface area (Å²) in [4.78, 5) is 12.4. The van der Waals surface area contributed by atoms with Crippen LogP contribution in [-0.4, -0.2) is 25.0 Å². The standard InChI is InChI=1S/C18H20N2O4S.C3H6/c1-17(2,3)20-25(23,24)13-10-8-12(9-11-13)18(22)14-6-4-5-7-15(14)19-16(18)21;1-3-2/h4-11,20,22H,1-3H3,(H,19,21);3H,1H2,2H3. The number of amides is 1. The van der Waals surface area contributed by atoms with E-state index in [1.807, 2.05) is 6.92 Å². The smallest absolute Gasteiger partial charge is 0.265 e. The molecule has 2 aromatic rings. The molecule has 0 bridgehead atoms. The fourth-order valence-corrected chi connectivity index (χ4v) is 4.29. The van der Waals surface area contributed by atoms with Crippen molar-refractivity contribution >= 4 is 21.6 Å². The molecule has 0 radical (unpaired) electrons. The molecule has 1 heterocycles. The van der Waals surface area contributed by atoms with Crippen molar-refractivity contribution in [2.45, 2.75) is 43.7 Å². The zero-order valence-corrected chi connectivity index (χ0v) is 17.3. The molecule has 0 aromatic heterocycles. The molecule has 1 unspecified atom stereocenters. The van der Waals surface area contributed by atoms with Gasteiger partial charge in [-0.1, -0.05) is 36.4 Å². The van der Waals surface area contributed by atoms with Gasteiger partial charge in [-0.25, -0.2) is 13.1 Å². The van der Waals surface area contributed by atoms with Crippen LogP contribution in [0.5, 0.6) is 0 Å². The van der Waals surface area contributed by atoms with Gasteiger partial charge in [0.1, 0.15) is 0 Å². The van der Waals surface area contributed by atoms with Gasteiger partial charge in [-0.15, -0.1) is 6.58 Å². The maximum absolute atomic E-state index is 12.4. The molecule has 7 heteroatoms. The number of benzene rings is 2. The highest BCUT2D eigenvalue weighted by molar-refractivity contribution is 7.89. The Kier molecular flexibility index (Phi) is 6.13. The predicted molar refractivity (Wildman–Crippen MR) is 110 cm³/mol. The number of rotatable bonds is 3. The lowest BCUT2D eigenvalue weighted by molar-refractivity contribution is -0.129. The van der Waals surface area contributed by atoms with Crippen LogP contribution < -0.4 is 10.0 Å². The van der Waals surface area contributed by atoms with Gasteiger partial charge in [0, 0.05) is 16.8 Å². The second kappa shape index (κ2) is 7.87. The van der Waals surface area contributed by atoms with Crippen LogP contribution in [-0.2, 0) is 20.4 Å². The molecule has 3 rings (SSSR count). The van der Waals surface area contributed by atoms with Crippen molar-refractivity contribution in [2.24, 2.45) is 0 Å². The zero-order valence-electron chi connectivity index (χ0n) is 16.5. The van der Waals surface area contributed by atoms with Crippen LogP contribution in [0.15, 0.2) is 66.1 Å². The van der Waals surface area contributed by atoms with Crippen molar-refractivity contribution in [1.82, 2.24) is 4.72 Å². The van der Waals surface area contributed by atoms with Crippen LogP contribution in [0.4, 0.5) is 5.69 Å². The van der Waals surface area contributed by atoms with E-state index < -0.39 is 27.1 Å². The van der Waals surface area contributed by atoms with Crippen molar-refractivity contribution in [1.29, 1.82) is 0 Å². The van der Waals surface area contributed by atoms with Gasteiger partial charge >= 0.3 is 0 Å². The van der Waals surface area contributed by atoms with Gasteiger partial charge in [-0.3, -0.25) is 4.79 Å². The first-order valence-electron chi connectivity index (χ1n) is 8.80. The molecular formula is C21H26N2O4S. The average molecular weight is 403 g/mol. The summed E-state index contributed by atoms with van der Waals surface area (Å²) in [6.45, 7) is 10.5. The van der Waals surface area contributed by atoms with E-state index in [1.165, 1.54) is 24.3 Å². The Morgan fingerprint density at radius 3 is 2.18 bits per heavy atom. The Hall–Kier alpha value is -2.48. The SMILES string of the molecule is C=CC.CC(C)(C)NS(=O)(=O)c1ccc(C2(O)C(=O)Nc3ccccc32)cc1. The number of allylic oxidation sites excluding steroid dienone is 1. The first-order valence-corrected chi connectivity index (χ1v) is 10.3. The van der Waals surface area contributed by atoms with E-state index in [2.05, 4.69) is 16.6 Å². The number of para-hydroxylation sites is 1. The van der Waals surface area contributed by atoms with E-state index in [9.17, 15) is 18.3 Å². The van der Waals surface area contributed by atoms with Gasteiger partial charge < -0.3 is 10.4 Å². The molecule has 0 aliphatic carbocycles. The van der Waals surface area contributed by atoms with Crippen LogP contribution in [0.25, 0.3) is 0 Å². The quantitative estimate of drug-likeness (QED) is 0.687. The molecule has 150 valence electrons. The zero-order chi connectivity index (χ0) is 21.2. The van der Waals surface area contributed by atoms with Crippen LogP contribution in [0, 0.1) is 0 Å². The summed E-state index contributed by atoms with van der Waals surface area (Å²) in [5, 5.41) is 13.6. The van der Waals surface area contributed by atoms with E-state index in [0.29, 0.717) is 16.8 Å². The van der Waals surface area contributed by atoms with Gasteiger partial charge in [-0.2, -0.15) is 0 Å². The summed E-state index contributed by atoms with van der Waals surface area (Å²) < 4.78 is 27.3. The summed E-state index contributed by atoms with van der Waals surface area (Å²) in [5.41, 5.74) is -1.15. The fourth-order valence-electron chi connectivity index (χ4n) is 2.87. The number of carbonyl (C=O) groups excluding carboxylic acids is 1. The summed E-state index contributed by atoms with van der Waals surface area (Å²) in [5.74, 6) is -0.558. The molecule has 0 saturated carbocycles. The summed E-state index contributed by atoms with van der Waals surface area (Å²) >= 11 is 0. The highest BCUT2D eigenvalue weighted by Crippen LogP contribution is 2.40. The predicted octanol–water partition coefficient (Wildman–Crippen LogP) is 3.14. The average Bonchev–Trinajstić information content (AvgIpc) is 2.86. The molecule has 6 nitrogen and oxygen atoms in total. The molecule has 2 aromatic carbocycles. The number of anilines is 1. The lowest BCUT2D eigenvalue weighted by Gasteiger charge is -2.23. The van der Waals surface area contributed by atoms with Crippen molar-refractivity contribution in [2.75, 3.05) is 5.32 Å². The van der Waals surface area contributed by atoms with Gasteiger partial charge in [0.2, 0.25) is 10.0 Å². The molecule has 1 atom stereocenters. The van der Waals surface area contributed by atoms with Crippen molar-refractivity contribution in [3.8, 4) is 0 Å². The number of fused-ring (bicyclic) bond motifs is 1. The number of nitrogens with one attached hydrogen (secondary N) is 2. The van der Waals surface area contributed by atoms with Gasteiger partial charge in [0.25, 0.3) is 5.91 Å².